The number of anilines is 2. The van der Waals surface area contributed by atoms with Crippen LogP contribution in [0.15, 0.2) is 36.5 Å². The standard InChI is InChI=1S/C23H24FN5OS/c1-23(2,13-25)8-10-31-29-19-6-5-15(11-18(19)24)17-12-20(28-22(30)14-3-4-14)27-21-16(17)7-9-26-21/h5-7,9,11-12,14,29H,3-4,8,10H2,1-2H3,(H2,26,27,28,30). The molecular formula is C23H24FN5OS. The molecule has 1 saturated carbocycles. The van der Waals surface area contributed by atoms with E-state index in [1.165, 1.54) is 18.0 Å². The van der Waals surface area contributed by atoms with E-state index in [2.05, 4.69) is 26.1 Å². The van der Waals surface area contributed by atoms with Crippen molar-refractivity contribution in [2.45, 2.75) is 33.1 Å². The highest BCUT2D eigenvalue weighted by atomic mass is 32.2. The van der Waals surface area contributed by atoms with E-state index in [0.29, 0.717) is 34.9 Å². The summed E-state index contributed by atoms with van der Waals surface area (Å²) in [6.07, 6.45) is 4.31. The molecule has 8 heteroatoms. The van der Waals surface area contributed by atoms with Gasteiger partial charge in [-0.3, -0.25) is 4.79 Å². The van der Waals surface area contributed by atoms with Gasteiger partial charge in [-0.2, -0.15) is 5.26 Å². The molecule has 0 bridgehead atoms. The highest BCUT2D eigenvalue weighted by molar-refractivity contribution is 8.00. The summed E-state index contributed by atoms with van der Waals surface area (Å²) in [5.74, 6) is 0.837. The van der Waals surface area contributed by atoms with Crippen molar-refractivity contribution < 1.29 is 9.18 Å². The van der Waals surface area contributed by atoms with Gasteiger partial charge in [-0.25, -0.2) is 9.37 Å². The lowest BCUT2D eigenvalue weighted by atomic mass is 9.93. The maximum atomic E-state index is 14.8. The number of hydrogen-bond acceptors (Lipinski definition) is 5. The van der Waals surface area contributed by atoms with Gasteiger partial charge in [0.2, 0.25) is 5.91 Å². The lowest BCUT2D eigenvalue weighted by molar-refractivity contribution is -0.117. The van der Waals surface area contributed by atoms with Crippen LogP contribution < -0.4 is 10.0 Å². The average Bonchev–Trinajstić information content (AvgIpc) is 3.49. The number of aromatic amines is 1. The number of carbonyl (C=O) groups excluding carboxylic acids is 1. The fourth-order valence-corrected chi connectivity index (χ4v) is 4.21. The fourth-order valence-electron chi connectivity index (χ4n) is 3.17. The van der Waals surface area contributed by atoms with Gasteiger partial charge < -0.3 is 15.0 Å². The first-order valence-electron chi connectivity index (χ1n) is 10.2. The van der Waals surface area contributed by atoms with Crippen LogP contribution in [-0.4, -0.2) is 21.6 Å². The maximum Gasteiger partial charge on any atom is 0.228 e. The second kappa shape index (κ2) is 8.60. The third-order valence-electron chi connectivity index (χ3n) is 5.32. The number of nitrogens with one attached hydrogen (secondary N) is 3. The Bertz CT molecular complexity index is 1160. The molecule has 1 fully saturated rings. The number of H-pyrrole nitrogens is 1. The van der Waals surface area contributed by atoms with Crippen molar-refractivity contribution in [3.8, 4) is 17.2 Å². The van der Waals surface area contributed by atoms with Gasteiger partial charge in [-0.05, 0) is 68.5 Å². The van der Waals surface area contributed by atoms with Crippen LogP contribution in [0.2, 0.25) is 0 Å². The molecule has 0 radical (unpaired) electrons. The minimum absolute atomic E-state index is 0.0216. The van der Waals surface area contributed by atoms with Crippen molar-refractivity contribution in [2.75, 3.05) is 15.8 Å². The van der Waals surface area contributed by atoms with Gasteiger partial charge in [0.05, 0.1) is 17.2 Å². The van der Waals surface area contributed by atoms with Crippen molar-refractivity contribution in [1.29, 1.82) is 5.26 Å². The molecule has 0 unspecified atom stereocenters. The van der Waals surface area contributed by atoms with Crippen LogP contribution in [0.1, 0.15) is 33.1 Å². The third-order valence-corrected chi connectivity index (χ3v) is 6.09. The zero-order valence-electron chi connectivity index (χ0n) is 17.5. The number of carbonyl (C=O) groups is 1. The maximum absolute atomic E-state index is 14.8. The Hall–Kier alpha value is -3.05. The summed E-state index contributed by atoms with van der Waals surface area (Å²) in [5, 5.41) is 12.8. The Morgan fingerprint density at radius 3 is 2.87 bits per heavy atom. The second-order valence-corrected chi connectivity index (χ2v) is 9.35. The van der Waals surface area contributed by atoms with Crippen LogP contribution in [0.5, 0.6) is 0 Å². The third kappa shape index (κ3) is 5.00. The van der Waals surface area contributed by atoms with Gasteiger partial charge in [-0.1, -0.05) is 18.0 Å². The van der Waals surface area contributed by atoms with E-state index in [1.54, 1.807) is 18.3 Å². The summed E-state index contributed by atoms with van der Waals surface area (Å²) in [5.41, 5.74) is 2.14. The van der Waals surface area contributed by atoms with Crippen LogP contribution in [0.3, 0.4) is 0 Å². The van der Waals surface area contributed by atoms with E-state index < -0.39 is 5.41 Å². The number of nitrogens with zero attached hydrogens (tertiary/aromatic N) is 2. The molecule has 1 aromatic carbocycles. The SMILES string of the molecule is CC(C)(C#N)CCSNc1ccc(-c2cc(NC(=O)C3CC3)nc3[nH]ccc23)cc1F. The molecule has 0 atom stereocenters. The van der Waals surface area contributed by atoms with Gasteiger partial charge in [0.25, 0.3) is 0 Å². The Morgan fingerprint density at radius 2 is 2.16 bits per heavy atom. The zero-order chi connectivity index (χ0) is 22.0. The van der Waals surface area contributed by atoms with E-state index in [-0.39, 0.29) is 17.6 Å². The van der Waals surface area contributed by atoms with Gasteiger partial charge >= 0.3 is 0 Å². The number of amides is 1. The number of rotatable bonds is 8. The molecule has 1 aliphatic carbocycles. The van der Waals surface area contributed by atoms with Gasteiger partial charge in [0.15, 0.2) is 0 Å². The summed E-state index contributed by atoms with van der Waals surface area (Å²) in [6, 6.07) is 11.0. The van der Waals surface area contributed by atoms with Gasteiger partial charge in [0, 0.05) is 23.3 Å². The van der Waals surface area contributed by atoms with Crippen LogP contribution in [0.4, 0.5) is 15.9 Å². The van der Waals surface area contributed by atoms with Crippen LogP contribution >= 0.6 is 11.9 Å². The van der Waals surface area contributed by atoms with Crippen LogP contribution in [0.25, 0.3) is 22.2 Å². The number of nitriles is 1. The van der Waals surface area contributed by atoms with Crippen molar-refractivity contribution in [2.24, 2.45) is 11.3 Å². The first-order chi connectivity index (χ1) is 14.9. The molecule has 2 heterocycles. The van der Waals surface area contributed by atoms with E-state index in [0.717, 1.165) is 23.8 Å². The summed E-state index contributed by atoms with van der Waals surface area (Å²) >= 11 is 1.38. The quantitative estimate of drug-likeness (QED) is 0.310. The van der Waals surface area contributed by atoms with Crippen molar-refractivity contribution in [3.05, 3.63) is 42.3 Å². The zero-order valence-corrected chi connectivity index (χ0v) is 18.3. The first-order valence-corrected chi connectivity index (χ1v) is 11.2. The number of benzene rings is 1. The number of aromatic nitrogens is 2. The first kappa shape index (κ1) is 21.2. The number of halogens is 1. The monoisotopic (exact) mass is 437 g/mol. The molecule has 160 valence electrons. The Labute approximate surface area is 184 Å². The number of hydrogen-bond donors (Lipinski definition) is 3. The van der Waals surface area contributed by atoms with Crippen LogP contribution in [-0.2, 0) is 4.79 Å². The van der Waals surface area contributed by atoms with Gasteiger partial charge in [0.1, 0.15) is 17.3 Å². The molecule has 3 aromatic rings. The van der Waals surface area contributed by atoms with E-state index in [9.17, 15) is 9.18 Å². The summed E-state index contributed by atoms with van der Waals surface area (Å²) < 4.78 is 17.8. The number of fused-ring (bicyclic) bond motifs is 1. The Morgan fingerprint density at radius 1 is 1.35 bits per heavy atom. The summed E-state index contributed by atoms with van der Waals surface area (Å²) in [4.78, 5) is 19.7. The van der Waals surface area contributed by atoms with Crippen molar-refractivity contribution in [1.82, 2.24) is 9.97 Å². The Kier molecular flexibility index (Phi) is 5.88. The lowest BCUT2D eigenvalue weighted by Gasteiger charge is -2.15. The Balaban J connectivity index is 1.52. The molecular weight excluding hydrogens is 413 g/mol. The lowest BCUT2D eigenvalue weighted by Crippen LogP contribution is -2.14. The van der Waals surface area contributed by atoms with Crippen molar-refractivity contribution in [3.63, 3.8) is 0 Å². The van der Waals surface area contributed by atoms with Crippen molar-refractivity contribution >= 4 is 40.4 Å². The average molecular weight is 438 g/mol. The molecule has 3 N–H and O–H groups in total. The highest BCUT2D eigenvalue weighted by Crippen LogP contribution is 2.34. The largest absolute Gasteiger partial charge is 0.346 e. The molecule has 1 amide bonds. The summed E-state index contributed by atoms with van der Waals surface area (Å²) in [6.45, 7) is 3.78. The minimum atomic E-state index is -0.396. The second-order valence-electron chi connectivity index (χ2n) is 8.45. The van der Waals surface area contributed by atoms with E-state index in [4.69, 9.17) is 5.26 Å². The summed E-state index contributed by atoms with van der Waals surface area (Å²) in [7, 11) is 0. The highest BCUT2D eigenvalue weighted by Gasteiger charge is 2.30. The van der Waals surface area contributed by atoms with Crippen LogP contribution in [0, 0.1) is 28.5 Å². The molecule has 0 aliphatic heterocycles. The molecule has 1 aliphatic rings. The molecule has 4 rings (SSSR count). The molecule has 0 saturated heterocycles. The normalized spacial score (nSPS) is 13.7. The topological polar surface area (TPSA) is 93.6 Å². The molecule has 2 aromatic heterocycles. The van der Waals surface area contributed by atoms with Gasteiger partial charge in [-0.15, -0.1) is 0 Å². The smallest absolute Gasteiger partial charge is 0.228 e. The molecule has 31 heavy (non-hydrogen) atoms. The fraction of sp³-hybridized carbons (Fsp3) is 0.348. The van der Waals surface area contributed by atoms with E-state index >= 15 is 0 Å². The number of pyridine rings is 1. The molecule has 0 spiro atoms. The minimum Gasteiger partial charge on any atom is -0.346 e. The molecule has 6 nitrogen and oxygen atoms in total. The predicted octanol–water partition coefficient (Wildman–Crippen LogP) is 5.72. The predicted molar refractivity (Wildman–Crippen MR) is 123 cm³/mol. The van der Waals surface area contributed by atoms with E-state index in [1.807, 2.05) is 26.0 Å².